The maximum atomic E-state index is 12.6. The minimum absolute atomic E-state index is 0.125. The molecule has 4 heteroatoms. The van der Waals surface area contributed by atoms with E-state index in [2.05, 4.69) is 35.5 Å². The van der Waals surface area contributed by atoms with Gasteiger partial charge in [0.2, 0.25) is 0 Å². The summed E-state index contributed by atoms with van der Waals surface area (Å²) in [6.45, 7) is 4.00. The van der Waals surface area contributed by atoms with Crippen LogP contribution in [0, 0.1) is 5.92 Å². The number of carbonyl (C=O) groups is 1. The Kier molecular flexibility index (Phi) is 5.97. The van der Waals surface area contributed by atoms with Crippen molar-refractivity contribution in [2.75, 3.05) is 13.1 Å². The third kappa shape index (κ3) is 4.01. The van der Waals surface area contributed by atoms with Crippen LogP contribution >= 0.6 is 28.6 Å². The highest BCUT2D eigenvalue weighted by atomic mass is 79.9. The van der Waals surface area contributed by atoms with Crippen LogP contribution in [-0.2, 0) is 0 Å². The highest BCUT2D eigenvalue weighted by Gasteiger charge is 2.22. The van der Waals surface area contributed by atoms with Crippen LogP contribution in [0.25, 0.3) is 0 Å². The van der Waals surface area contributed by atoms with Crippen molar-refractivity contribution in [2.24, 2.45) is 5.92 Å². The van der Waals surface area contributed by atoms with Crippen molar-refractivity contribution in [1.82, 2.24) is 4.90 Å². The number of amides is 1. The van der Waals surface area contributed by atoms with Crippen LogP contribution in [0.4, 0.5) is 0 Å². The standard InChI is InChI=1S/C16H22BrNOS/c1-2-4-12-5-3-9-18(10-8-12)16(19)14-7-6-13(17)11-15(14)20/h6-7,11-12,20H,2-5,8-10H2,1H3. The Morgan fingerprint density at radius 1 is 1.40 bits per heavy atom. The zero-order chi connectivity index (χ0) is 14.5. The second-order valence-electron chi connectivity index (χ2n) is 5.54. The molecular formula is C16H22BrNOS. The number of hydrogen-bond donors (Lipinski definition) is 1. The van der Waals surface area contributed by atoms with Gasteiger partial charge in [-0.15, -0.1) is 12.6 Å². The van der Waals surface area contributed by atoms with Gasteiger partial charge in [0.15, 0.2) is 0 Å². The number of halogens is 1. The molecule has 0 N–H and O–H groups in total. The van der Waals surface area contributed by atoms with Crippen LogP contribution in [0.15, 0.2) is 27.6 Å². The molecular weight excluding hydrogens is 334 g/mol. The third-order valence-corrected chi connectivity index (χ3v) is 4.89. The van der Waals surface area contributed by atoms with Gasteiger partial charge in [-0.25, -0.2) is 0 Å². The number of thiol groups is 1. The van der Waals surface area contributed by atoms with E-state index in [0.29, 0.717) is 5.56 Å². The zero-order valence-electron chi connectivity index (χ0n) is 11.9. The first-order valence-corrected chi connectivity index (χ1v) is 8.63. The summed E-state index contributed by atoms with van der Waals surface area (Å²) in [7, 11) is 0. The first-order valence-electron chi connectivity index (χ1n) is 7.39. The van der Waals surface area contributed by atoms with Gasteiger partial charge in [0, 0.05) is 22.5 Å². The smallest absolute Gasteiger partial charge is 0.254 e. The maximum Gasteiger partial charge on any atom is 0.254 e. The van der Waals surface area contributed by atoms with E-state index in [1.807, 2.05) is 23.1 Å². The quantitative estimate of drug-likeness (QED) is 0.773. The van der Waals surface area contributed by atoms with Gasteiger partial charge >= 0.3 is 0 Å². The van der Waals surface area contributed by atoms with E-state index in [4.69, 9.17) is 0 Å². The molecule has 0 radical (unpaired) electrons. The van der Waals surface area contributed by atoms with Crippen LogP contribution in [0.3, 0.4) is 0 Å². The molecule has 0 bridgehead atoms. The summed E-state index contributed by atoms with van der Waals surface area (Å²) in [6, 6.07) is 5.65. The Labute approximate surface area is 135 Å². The van der Waals surface area contributed by atoms with Crippen molar-refractivity contribution in [2.45, 2.75) is 43.9 Å². The topological polar surface area (TPSA) is 20.3 Å². The average molecular weight is 356 g/mol. The molecule has 20 heavy (non-hydrogen) atoms. The predicted molar refractivity (Wildman–Crippen MR) is 89.5 cm³/mol. The molecule has 1 fully saturated rings. The van der Waals surface area contributed by atoms with Gasteiger partial charge in [-0.05, 0) is 43.4 Å². The summed E-state index contributed by atoms with van der Waals surface area (Å²) < 4.78 is 0.956. The van der Waals surface area contributed by atoms with Gasteiger partial charge in [-0.3, -0.25) is 4.79 Å². The number of benzene rings is 1. The lowest BCUT2D eigenvalue weighted by Gasteiger charge is -2.21. The van der Waals surface area contributed by atoms with Gasteiger partial charge in [0.25, 0.3) is 5.91 Å². The van der Waals surface area contributed by atoms with Crippen molar-refractivity contribution in [3.8, 4) is 0 Å². The number of likely N-dealkylation sites (tertiary alicyclic amines) is 1. The molecule has 1 aromatic carbocycles. The maximum absolute atomic E-state index is 12.6. The summed E-state index contributed by atoms with van der Waals surface area (Å²) in [5, 5.41) is 0. The van der Waals surface area contributed by atoms with Crippen LogP contribution < -0.4 is 0 Å². The molecule has 1 unspecified atom stereocenters. The van der Waals surface area contributed by atoms with E-state index in [1.165, 1.54) is 19.3 Å². The van der Waals surface area contributed by atoms with Gasteiger partial charge in [-0.1, -0.05) is 35.7 Å². The van der Waals surface area contributed by atoms with Gasteiger partial charge in [-0.2, -0.15) is 0 Å². The lowest BCUT2D eigenvalue weighted by atomic mass is 9.96. The van der Waals surface area contributed by atoms with Crippen LogP contribution in [0.5, 0.6) is 0 Å². The molecule has 0 aliphatic carbocycles. The highest BCUT2D eigenvalue weighted by molar-refractivity contribution is 9.10. The Bertz CT molecular complexity index is 478. The zero-order valence-corrected chi connectivity index (χ0v) is 14.4. The number of carbonyl (C=O) groups excluding carboxylic acids is 1. The summed E-state index contributed by atoms with van der Waals surface area (Å²) in [4.78, 5) is 15.4. The SMILES string of the molecule is CCCC1CCCN(C(=O)c2ccc(Br)cc2S)CC1. The molecule has 1 aliphatic heterocycles. The molecule has 1 saturated heterocycles. The molecule has 0 saturated carbocycles. The van der Waals surface area contributed by atoms with Crippen LogP contribution in [-0.4, -0.2) is 23.9 Å². The molecule has 1 aliphatic rings. The van der Waals surface area contributed by atoms with E-state index in [9.17, 15) is 4.79 Å². The third-order valence-electron chi connectivity index (χ3n) is 4.02. The van der Waals surface area contributed by atoms with Crippen molar-refractivity contribution < 1.29 is 4.79 Å². The van der Waals surface area contributed by atoms with E-state index in [-0.39, 0.29) is 5.91 Å². The molecule has 1 aromatic rings. The summed E-state index contributed by atoms with van der Waals surface area (Å²) >= 11 is 7.83. The van der Waals surface area contributed by atoms with Crippen molar-refractivity contribution in [3.05, 3.63) is 28.2 Å². The van der Waals surface area contributed by atoms with Crippen LogP contribution in [0.2, 0.25) is 0 Å². The first-order chi connectivity index (χ1) is 9.61. The molecule has 1 heterocycles. The van der Waals surface area contributed by atoms with E-state index < -0.39 is 0 Å². The lowest BCUT2D eigenvalue weighted by molar-refractivity contribution is 0.0756. The Morgan fingerprint density at radius 3 is 2.90 bits per heavy atom. The number of nitrogens with zero attached hydrogens (tertiary/aromatic N) is 1. The van der Waals surface area contributed by atoms with Crippen molar-refractivity contribution in [3.63, 3.8) is 0 Å². The molecule has 2 nitrogen and oxygen atoms in total. The molecule has 0 aromatic heterocycles. The predicted octanol–water partition coefficient (Wildman–Crippen LogP) is 4.78. The fourth-order valence-corrected chi connectivity index (χ4v) is 3.77. The monoisotopic (exact) mass is 355 g/mol. The number of rotatable bonds is 3. The molecule has 2 rings (SSSR count). The molecule has 0 spiro atoms. The van der Waals surface area contributed by atoms with Gasteiger partial charge in [0.1, 0.15) is 0 Å². The fraction of sp³-hybridized carbons (Fsp3) is 0.562. The largest absolute Gasteiger partial charge is 0.339 e. The van der Waals surface area contributed by atoms with E-state index >= 15 is 0 Å². The van der Waals surface area contributed by atoms with E-state index in [0.717, 1.165) is 41.2 Å². The Hall–Kier alpha value is -0.480. The van der Waals surface area contributed by atoms with Crippen molar-refractivity contribution in [1.29, 1.82) is 0 Å². The van der Waals surface area contributed by atoms with Crippen LogP contribution in [0.1, 0.15) is 49.4 Å². The minimum Gasteiger partial charge on any atom is -0.339 e. The summed E-state index contributed by atoms with van der Waals surface area (Å²) in [5.74, 6) is 0.915. The molecule has 1 amide bonds. The molecule has 1 atom stereocenters. The lowest BCUT2D eigenvalue weighted by Crippen LogP contribution is -2.32. The second kappa shape index (κ2) is 7.51. The highest BCUT2D eigenvalue weighted by Crippen LogP contribution is 2.25. The normalized spacial score (nSPS) is 19.8. The first kappa shape index (κ1) is 15.9. The fourth-order valence-electron chi connectivity index (χ4n) is 2.92. The van der Waals surface area contributed by atoms with Crippen molar-refractivity contribution >= 4 is 34.5 Å². The Balaban J connectivity index is 2.05. The number of hydrogen-bond acceptors (Lipinski definition) is 2. The summed E-state index contributed by atoms with van der Waals surface area (Å²) in [5.41, 5.74) is 0.713. The van der Waals surface area contributed by atoms with Gasteiger partial charge in [0.05, 0.1) is 5.56 Å². The minimum atomic E-state index is 0.125. The second-order valence-corrected chi connectivity index (χ2v) is 6.94. The Morgan fingerprint density at radius 2 is 2.20 bits per heavy atom. The van der Waals surface area contributed by atoms with Gasteiger partial charge < -0.3 is 4.90 Å². The molecule has 110 valence electrons. The van der Waals surface area contributed by atoms with E-state index in [1.54, 1.807) is 0 Å². The summed E-state index contributed by atoms with van der Waals surface area (Å²) in [6.07, 6.45) is 6.04. The average Bonchev–Trinajstić information content (AvgIpc) is 2.64.